The number of nitrogens with zero attached hydrogens (tertiary/aromatic N) is 2. The monoisotopic (exact) mass is 260 g/mol. The van der Waals surface area contributed by atoms with Crippen molar-refractivity contribution in [3.8, 4) is 6.07 Å². The molecular formula is C14H20N4O. The van der Waals surface area contributed by atoms with Gasteiger partial charge in [0.15, 0.2) is 0 Å². The van der Waals surface area contributed by atoms with Crippen LogP contribution in [-0.2, 0) is 0 Å². The number of benzene rings is 1. The average molecular weight is 260 g/mol. The maximum absolute atomic E-state index is 12.5. The minimum absolute atomic E-state index is 0.0342. The molecule has 0 bridgehead atoms. The molecule has 0 saturated heterocycles. The lowest BCUT2D eigenvalue weighted by Gasteiger charge is -2.27. The van der Waals surface area contributed by atoms with Gasteiger partial charge >= 0.3 is 0 Å². The van der Waals surface area contributed by atoms with E-state index >= 15 is 0 Å². The summed E-state index contributed by atoms with van der Waals surface area (Å²) in [5.41, 5.74) is 4.66. The average Bonchev–Trinajstić information content (AvgIpc) is 2.38. The van der Waals surface area contributed by atoms with Gasteiger partial charge in [-0.05, 0) is 32.9 Å². The molecule has 0 aromatic heterocycles. The predicted octanol–water partition coefficient (Wildman–Crippen LogP) is 2.04. The zero-order valence-electron chi connectivity index (χ0n) is 11.6. The Hall–Kier alpha value is -2.06. The molecule has 5 heteroatoms. The molecule has 1 aromatic carbocycles. The van der Waals surface area contributed by atoms with Crippen molar-refractivity contribution in [3.05, 3.63) is 29.3 Å². The van der Waals surface area contributed by atoms with Gasteiger partial charge in [-0.25, -0.2) is 0 Å². The van der Waals surface area contributed by atoms with Gasteiger partial charge in [0.1, 0.15) is 0 Å². The fourth-order valence-corrected chi connectivity index (χ4v) is 1.88. The SMILES string of the molecule is Cc1ccc(NN)c(C(=O)N(CCC#N)C(C)C)c1. The molecule has 102 valence electrons. The Morgan fingerprint density at radius 2 is 2.21 bits per heavy atom. The molecule has 0 aliphatic rings. The molecule has 0 aliphatic heterocycles. The van der Waals surface area contributed by atoms with Crippen LogP contribution in [0.4, 0.5) is 5.69 Å². The molecule has 5 nitrogen and oxygen atoms in total. The molecule has 0 atom stereocenters. The lowest BCUT2D eigenvalue weighted by atomic mass is 10.1. The van der Waals surface area contributed by atoms with Crippen LogP contribution in [0.5, 0.6) is 0 Å². The molecule has 0 spiro atoms. The molecule has 0 radical (unpaired) electrons. The maximum Gasteiger partial charge on any atom is 0.256 e. The maximum atomic E-state index is 12.5. The van der Waals surface area contributed by atoms with Gasteiger partial charge in [-0.1, -0.05) is 11.6 Å². The number of hydrogen-bond acceptors (Lipinski definition) is 4. The number of nitrogens with one attached hydrogen (secondary N) is 1. The number of hydrazine groups is 1. The van der Waals surface area contributed by atoms with Gasteiger partial charge in [0, 0.05) is 12.6 Å². The topological polar surface area (TPSA) is 82.2 Å². The van der Waals surface area contributed by atoms with Gasteiger partial charge in [0.25, 0.3) is 5.91 Å². The number of nitrogen functional groups attached to an aromatic ring is 1. The molecule has 19 heavy (non-hydrogen) atoms. The first-order valence-electron chi connectivity index (χ1n) is 6.26. The van der Waals surface area contributed by atoms with Crippen molar-refractivity contribution in [1.82, 2.24) is 4.90 Å². The number of rotatable bonds is 5. The Morgan fingerprint density at radius 1 is 1.53 bits per heavy atom. The van der Waals surface area contributed by atoms with E-state index in [1.54, 1.807) is 17.0 Å². The van der Waals surface area contributed by atoms with E-state index < -0.39 is 0 Å². The molecule has 0 unspecified atom stereocenters. The summed E-state index contributed by atoms with van der Waals surface area (Å²) in [4.78, 5) is 14.2. The van der Waals surface area contributed by atoms with E-state index in [0.717, 1.165) is 5.56 Å². The molecule has 3 N–H and O–H groups in total. The molecule has 1 amide bonds. The Kier molecular flexibility index (Phi) is 5.34. The van der Waals surface area contributed by atoms with Gasteiger partial charge in [0.2, 0.25) is 0 Å². The second-order valence-corrected chi connectivity index (χ2v) is 4.69. The minimum atomic E-state index is -0.109. The van der Waals surface area contributed by atoms with E-state index in [2.05, 4.69) is 11.5 Å². The van der Waals surface area contributed by atoms with E-state index in [1.807, 2.05) is 26.8 Å². The Labute approximate surface area is 114 Å². The molecule has 0 heterocycles. The fourth-order valence-electron chi connectivity index (χ4n) is 1.88. The van der Waals surface area contributed by atoms with Crippen LogP contribution >= 0.6 is 0 Å². The molecule has 1 rings (SSSR count). The van der Waals surface area contributed by atoms with Crippen molar-refractivity contribution in [2.75, 3.05) is 12.0 Å². The number of carbonyl (C=O) groups excluding carboxylic acids is 1. The predicted molar refractivity (Wildman–Crippen MR) is 75.4 cm³/mol. The normalized spacial score (nSPS) is 10.1. The first kappa shape index (κ1) is 15.0. The highest BCUT2D eigenvalue weighted by Gasteiger charge is 2.21. The van der Waals surface area contributed by atoms with Crippen LogP contribution in [0, 0.1) is 18.3 Å². The highest BCUT2D eigenvalue weighted by atomic mass is 16.2. The summed E-state index contributed by atoms with van der Waals surface area (Å²) in [7, 11) is 0. The van der Waals surface area contributed by atoms with Crippen molar-refractivity contribution in [1.29, 1.82) is 5.26 Å². The smallest absolute Gasteiger partial charge is 0.256 e. The van der Waals surface area contributed by atoms with E-state index in [0.29, 0.717) is 24.2 Å². The Balaban J connectivity index is 3.09. The number of hydrogen-bond donors (Lipinski definition) is 2. The van der Waals surface area contributed by atoms with Crippen LogP contribution in [0.25, 0.3) is 0 Å². The first-order valence-corrected chi connectivity index (χ1v) is 6.26. The highest BCUT2D eigenvalue weighted by molar-refractivity contribution is 5.99. The summed E-state index contributed by atoms with van der Waals surface area (Å²) in [6.07, 6.45) is 0.321. The second-order valence-electron chi connectivity index (χ2n) is 4.69. The highest BCUT2D eigenvalue weighted by Crippen LogP contribution is 2.19. The third-order valence-corrected chi connectivity index (χ3v) is 2.91. The summed E-state index contributed by atoms with van der Waals surface area (Å²) in [5.74, 6) is 5.33. The third-order valence-electron chi connectivity index (χ3n) is 2.91. The molecular weight excluding hydrogens is 240 g/mol. The number of aryl methyl sites for hydroxylation is 1. The molecule has 0 aliphatic carbocycles. The Morgan fingerprint density at radius 3 is 2.74 bits per heavy atom. The third kappa shape index (κ3) is 3.70. The van der Waals surface area contributed by atoms with Crippen LogP contribution in [0.15, 0.2) is 18.2 Å². The lowest BCUT2D eigenvalue weighted by molar-refractivity contribution is 0.0711. The van der Waals surface area contributed by atoms with Crippen LogP contribution in [0.2, 0.25) is 0 Å². The van der Waals surface area contributed by atoms with Gasteiger partial charge < -0.3 is 10.3 Å². The number of nitrogens with two attached hydrogens (primary N) is 1. The van der Waals surface area contributed by atoms with Crippen molar-refractivity contribution in [2.45, 2.75) is 33.2 Å². The second kappa shape index (κ2) is 6.76. The first-order chi connectivity index (χ1) is 9.01. The van der Waals surface area contributed by atoms with Crippen LogP contribution < -0.4 is 11.3 Å². The van der Waals surface area contributed by atoms with Crippen molar-refractivity contribution in [2.24, 2.45) is 5.84 Å². The number of carbonyl (C=O) groups is 1. The minimum Gasteiger partial charge on any atom is -0.335 e. The fraction of sp³-hybridized carbons (Fsp3) is 0.429. The van der Waals surface area contributed by atoms with Crippen molar-refractivity contribution < 1.29 is 4.79 Å². The van der Waals surface area contributed by atoms with E-state index in [9.17, 15) is 4.79 Å². The van der Waals surface area contributed by atoms with Gasteiger partial charge in [-0.3, -0.25) is 10.6 Å². The van der Waals surface area contributed by atoms with E-state index in [1.165, 1.54) is 0 Å². The summed E-state index contributed by atoms with van der Waals surface area (Å²) in [6.45, 7) is 6.21. The number of anilines is 1. The molecule has 0 fully saturated rings. The van der Waals surface area contributed by atoms with Crippen molar-refractivity contribution in [3.63, 3.8) is 0 Å². The zero-order chi connectivity index (χ0) is 14.4. The summed E-state index contributed by atoms with van der Waals surface area (Å²) in [6, 6.07) is 7.58. The van der Waals surface area contributed by atoms with Crippen molar-refractivity contribution >= 4 is 11.6 Å². The lowest BCUT2D eigenvalue weighted by Crippen LogP contribution is -2.38. The van der Waals surface area contributed by atoms with Crippen LogP contribution in [-0.4, -0.2) is 23.4 Å². The zero-order valence-corrected chi connectivity index (χ0v) is 11.6. The standard InChI is InChI=1S/C14H20N4O/c1-10(2)18(8-4-7-15)14(19)12-9-11(3)5-6-13(12)17-16/h5-6,9-10,17H,4,8,16H2,1-3H3. The Bertz CT molecular complexity index is 491. The van der Waals surface area contributed by atoms with Gasteiger partial charge in [-0.15, -0.1) is 0 Å². The van der Waals surface area contributed by atoms with Gasteiger partial charge in [0.05, 0.1) is 23.7 Å². The molecule has 0 saturated carbocycles. The summed E-state index contributed by atoms with van der Waals surface area (Å²) < 4.78 is 0. The van der Waals surface area contributed by atoms with E-state index in [-0.39, 0.29) is 11.9 Å². The van der Waals surface area contributed by atoms with Gasteiger partial charge in [-0.2, -0.15) is 5.26 Å². The largest absolute Gasteiger partial charge is 0.335 e. The van der Waals surface area contributed by atoms with Crippen LogP contribution in [0.1, 0.15) is 36.2 Å². The summed E-state index contributed by atoms with van der Waals surface area (Å²) in [5, 5.41) is 8.67. The number of nitriles is 1. The number of amides is 1. The van der Waals surface area contributed by atoms with E-state index in [4.69, 9.17) is 11.1 Å². The molecule has 1 aromatic rings. The summed E-state index contributed by atoms with van der Waals surface area (Å²) >= 11 is 0. The quantitative estimate of drug-likeness (QED) is 0.627. The van der Waals surface area contributed by atoms with Crippen LogP contribution in [0.3, 0.4) is 0 Å².